The molecule has 118 valence electrons. The summed E-state index contributed by atoms with van der Waals surface area (Å²) in [4.78, 5) is 22.0. The molecule has 0 bridgehead atoms. The number of amides is 1. The minimum Gasteiger partial charge on any atom is -0.467 e. The molecule has 21 heavy (non-hydrogen) atoms. The third kappa shape index (κ3) is 7.79. The van der Waals surface area contributed by atoms with E-state index in [0.717, 1.165) is 11.8 Å². The maximum Gasteiger partial charge on any atom is 0.450 e. The first-order valence-corrected chi connectivity index (χ1v) is 7.52. The van der Waals surface area contributed by atoms with Crippen molar-refractivity contribution in [3.05, 3.63) is 24.2 Å². The van der Waals surface area contributed by atoms with Crippen LogP contribution < -0.4 is 5.32 Å². The van der Waals surface area contributed by atoms with Gasteiger partial charge in [0.25, 0.3) is 0 Å². The zero-order valence-corrected chi connectivity index (χ0v) is 12.1. The van der Waals surface area contributed by atoms with Gasteiger partial charge in [0, 0.05) is 6.42 Å². The summed E-state index contributed by atoms with van der Waals surface area (Å²) in [7, 11) is 0. The van der Waals surface area contributed by atoms with Crippen LogP contribution in [0.1, 0.15) is 25.0 Å². The molecule has 1 N–H and O–H groups in total. The Bertz CT molecular complexity index is 446. The molecule has 1 aromatic heterocycles. The van der Waals surface area contributed by atoms with Gasteiger partial charge in [-0.15, -0.1) is 0 Å². The van der Waals surface area contributed by atoms with Crippen molar-refractivity contribution in [3.63, 3.8) is 0 Å². The van der Waals surface area contributed by atoms with E-state index in [1.54, 1.807) is 12.1 Å². The summed E-state index contributed by atoms with van der Waals surface area (Å²) in [5.74, 6) is -1.34. The van der Waals surface area contributed by atoms with Gasteiger partial charge < -0.3 is 9.73 Å². The molecule has 0 unspecified atom stereocenters. The van der Waals surface area contributed by atoms with E-state index in [0.29, 0.717) is 37.3 Å². The van der Waals surface area contributed by atoms with Crippen molar-refractivity contribution >= 4 is 23.5 Å². The van der Waals surface area contributed by atoms with Crippen molar-refractivity contribution in [3.8, 4) is 0 Å². The van der Waals surface area contributed by atoms with Crippen LogP contribution in [0.2, 0.25) is 0 Å². The summed E-state index contributed by atoms with van der Waals surface area (Å²) in [5, 5.41) is 2.67. The van der Waals surface area contributed by atoms with Crippen LogP contribution in [-0.4, -0.2) is 29.4 Å². The molecule has 0 fully saturated rings. The summed E-state index contributed by atoms with van der Waals surface area (Å²) < 4.78 is 40.8. The average molecular weight is 323 g/mol. The lowest BCUT2D eigenvalue weighted by molar-refractivity contribution is -0.167. The summed E-state index contributed by atoms with van der Waals surface area (Å²) in [6, 6.07) is 3.47. The van der Waals surface area contributed by atoms with E-state index in [2.05, 4.69) is 5.32 Å². The Kier molecular flexibility index (Phi) is 7.35. The van der Waals surface area contributed by atoms with Crippen LogP contribution in [0.3, 0.4) is 0 Å². The number of carbonyl (C=O) groups is 2. The number of rotatable bonds is 9. The molecule has 0 aliphatic rings. The maximum absolute atomic E-state index is 11.9. The number of hydrogen-bond acceptors (Lipinski definition) is 4. The van der Waals surface area contributed by atoms with Crippen LogP contribution in [0.5, 0.6) is 0 Å². The van der Waals surface area contributed by atoms with Crippen LogP contribution >= 0.6 is 11.8 Å². The van der Waals surface area contributed by atoms with E-state index in [9.17, 15) is 22.8 Å². The highest BCUT2D eigenvalue weighted by Crippen LogP contribution is 2.19. The highest BCUT2D eigenvalue weighted by molar-refractivity contribution is 7.99. The fourth-order valence-electron chi connectivity index (χ4n) is 1.42. The SMILES string of the molecule is O=C(CCCCSCC(=O)C(F)(F)F)NCc1ccco1. The number of carbonyl (C=O) groups excluding carboxylic acids is 2. The second kappa shape index (κ2) is 8.76. The smallest absolute Gasteiger partial charge is 0.450 e. The van der Waals surface area contributed by atoms with Crippen molar-refractivity contribution in [2.75, 3.05) is 11.5 Å². The number of unbranched alkanes of at least 4 members (excludes halogenated alkanes) is 1. The van der Waals surface area contributed by atoms with Gasteiger partial charge in [0.15, 0.2) is 0 Å². The minimum atomic E-state index is -4.75. The number of Topliss-reactive ketones (excluding diaryl/α,β-unsaturated/α-hetero) is 1. The first kappa shape index (κ1) is 17.6. The molecular weight excluding hydrogens is 307 g/mol. The molecular formula is C13H16F3NO3S. The number of furan rings is 1. The number of ketones is 1. The van der Waals surface area contributed by atoms with Crippen molar-refractivity contribution < 1.29 is 27.2 Å². The molecule has 0 saturated carbocycles. The lowest BCUT2D eigenvalue weighted by Crippen LogP contribution is -2.24. The lowest BCUT2D eigenvalue weighted by Gasteiger charge is -2.05. The molecule has 1 heterocycles. The first-order chi connectivity index (χ1) is 9.89. The second-order valence-corrected chi connectivity index (χ2v) is 5.39. The Morgan fingerprint density at radius 2 is 2.05 bits per heavy atom. The molecule has 0 saturated heterocycles. The number of nitrogens with one attached hydrogen (secondary N) is 1. The van der Waals surface area contributed by atoms with Gasteiger partial charge >= 0.3 is 6.18 Å². The zero-order chi connectivity index (χ0) is 15.7. The number of thioether (sulfide) groups is 1. The summed E-state index contributed by atoms with van der Waals surface area (Å²) >= 11 is 0.935. The molecule has 4 nitrogen and oxygen atoms in total. The highest BCUT2D eigenvalue weighted by atomic mass is 32.2. The quantitative estimate of drug-likeness (QED) is 0.710. The van der Waals surface area contributed by atoms with Crippen molar-refractivity contribution in [2.45, 2.75) is 32.0 Å². The molecule has 0 aromatic carbocycles. The van der Waals surface area contributed by atoms with Crippen LogP contribution in [0.4, 0.5) is 13.2 Å². The monoisotopic (exact) mass is 323 g/mol. The van der Waals surface area contributed by atoms with Crippen LogP contribution in [0, 0.1) is 0 Å². The standard InChI is InChI=1S/C13H16F3NO3S/c14-13(15,16)11(18)9-21-7-2-1-5-12(19)17-8-10-4-3-6-20-10/h3-4,6H,1-2,5,7-9H2,(H,17,19). The fraction of sp³-hybridized carbons (Fsp3) is 0.538. The minimum absolute atomic E-state index is 0.136. The zero-order valence-electron chi connectivity index (χ0n) is 11.2. The first-order valence-electron chi connectivity index (χ1n) is 6.36. The molecule has 8 heteroatoms. The van der Waals surface area contributed by atoms with E-state index in [-0.39, 0.29) is 5.91 Å². The largest absolute Gasteiger partial charge is 0.467 e. The normalized spacial score (nSPS) is 11.4. The summed E-state index contributed by atoms with van der Waals surface area (Å²) in [5.41, 5.74) is 0. The van der Waals surface area contributed by atoms with Gasteiger partial charge in [-0.3, -0.25) is 9.59 Å². The maximum atomic E-state index is 11.9. The molecule has 1 amide bonds. The molecule has 0 radical (unpaired) electrons. The summed E-state index contributed by atoms with van der Waals surface area (Å²) in [6.07, 6.45) is -1.78. The lowest BCUT2D eigenvalue weighted by atomic mass is 10.2. The van der Waals surface area contributed by atoms with Gasteiger partial charge in [0.1, 0.15) is 5.76 Å². The van der Waals surface area contributed by atoms with Gasteiger partial charge in [0.05, 0.1) is 18.6 Å². The fourth-order valence-corrected chi connectivity index (χ4v) is 2.33. The number of hydrogen-bond donors (Lipinski definition) is 1. The molecule has 1 aromatic rings. The van der Waals surface area contributed by atoms with Crippen LogP contribution in [-0.2, 0) is 16.1 Å². The van der Waals surface area contributed by atoms with E-state index in [1.807, 2.05) is 0 Å². The molecule has 0 spiro atoms. The number of halogens is 3. The van der Waals surface area contributed by atoms with E-state index < -0.39 is 17.7 Å². The Morgan fingerprint density at radius 3 is 2.67 bits per heavy atom. The van der Waals surface area contributed by atoms with Crippen molar-refractivity contribution in [1.82, 2.24) is 5.32 Å². The predicted molar refractivity (Wildman–Crippen MR) is 72.8 cm³/mol. The van der Waals surface area contributed by atoms with Gasteiger partial charge in [0.2, 0.25) is 11.7 Å². The van der Waals surface area contributed by atoms with E-state index >= 15 is 0 Å². The predicted octanol–water partition coefficient (Wildman–Crippen LogP) is 2.93. The van der Waals surface area contributed by atoms with Crippen molar-refractivity contribution in [2.24, 2.45) is 0 Å². The van der Waals surface area contributed by atoms with Gasteiger partial charge in [-0.05, 0) is 30.7 Å². The Balaban J connectivity index is 1.99. The molecule has 1 rings (SSSR count). The molecule has 0 aliphatic heterocycles. The Hall–Kier alpha value is -1.44. The van der Waals surface area contributed by atoms with E-state index in [4.69, 9.17) is 4.42 Å². The average Bonchev–Trinajstić information content (AvgIpc) is 2.92. The second-order valence-electron chi connectivity index (χ2n) is 4.29. The third-order valence-electron chi connectivity index (χ3n) is 2.53. The highest BCUT2D eigenvalue weighted by Gasteiger charge is 2.37. The van der Waals surface area contributed by atoms with Gasteiger partial charge in [-0.25, -0.2) is 0 Å². The third-order valence-corrected chi connectivity index (χ3v) is 3.58. The van der Waals surface area contributed by atoms with Crippen LogP contribution in [0.15, 0.2) is 22.8 Å². The Labute approximate surface area is 124 Å². The Morgan fingerprint density at radius 1 is 1.29 bits per heavy atom. The number of alkyl halides is 3. The summed E-state index contributed by atoms with van der Waals surface area (Å²) in [6.45, 7) is 0.320. The van der Waals surface area contributed by atoms with Crippen LogP contribution in [0.25, 0.3) is 0 Å². The molecule has 0 aliphatic carbocycles. The van der Waals surface area contributed by atoms with E-state index in [1.165, 1.54) is 6.26 Å². The van der Waals surface area contributed by atoms with Crippen molar-refractivity contribution in [1.29, 1.82) is 0 Å². The van der Waals surface area contributed by atoms with Gasteiger partial charge in [-0.1, -0.05) is 0 Å². The van der Waals surface area contributed by atoms with Gasteiger partial charge in [-0.2, -0.15) is 24.9 Å². The molecule has 0 atom stereocenters. The topological polar surface area (TPSA) is 59.3 Å².